The van der Waals surface area contributed by atoms with Gasteiger partial charge < -0.3 is 9.47 Å². The van der Waals surface area contributed by atoms with Crippen molar-refractivity contribution in [3.8, 4) is 11.5 Å². The lowest BCUT2D eigenvalue weighted by atomic mass is 10.0. The number of hydrazone groups is 1. The molecule has 0 aliphatic heterocycles. The topological polar surface area (TPSA) is 103 Å². The lowest BCUT2D eigenvalue weighted by molar-refractivity contribution is -0.384. The lowest BCUT2D eigenvalue weighted by Gasteiger charge is -2.13. The number of rotatable bonds is 9. The van der Waals surface area contributed by atoms with Crippen LogP contribution in [0.3, 0.4) is 0 Å². The van der Waals surface area contributed by atoms with E-state index in [-0.39, 0.29) is 24.6 Å². The summed E-state index contributed by atoms with van der Waals surface area (Å²) in [5.41, 5.74) is 7.28. The van der Waals surface area contributed by atoms with Crippen molar-refractivity contribution in [1.82, 2.24) is 5.43 Å². The van der Waals surface area contributed by atoms with Gasteiger partial charge in [-0.05, 0) is 81.9 Å². The molecule has 0 saturated heterocycles. The van der Waals surface area contributed by atoms with E-state index in [1.807, 2.05) is 32.0 Å². The van der Waals surface area contributed by atoms with Gasteiger partial charge in [-0.15, -0.1) is 0 Å². The monoisotopic (exact) mass is 525 g/mol. The fourth-order valence-electron chi connectivity index (χ4n) is 3.14. The molecule has 0 aromatic heterocycles. The predicted octanol–water partition coefficient (Wildman–Crippen LogP) is 5.25. The van der Waals surface area contributed by atoms with E-state index in [1.165, 1.54) is 31.0 Å². The van der Waals surface area contributed by atoms with Crippen LogP contribution in [-0.2, 0) is 17.8 Å². The Morgan fingerprint density at radius 2 is 1.79 bits per heavy atom. The third-order valence-corrected chi connectivity index (χ3v) is 5.71. The number of halogens is 1. The van der Waals surface area contributed by atoms with Gasteiger partial charge in [0.2, 0.25) is 5.91 Å². The number of ether oxygens (including phenoxy) is 2. The van der Waals surface area contributed by atoms with Crippen molar-refractivity contribution in [3.63, 3.8) is 0 Å². The molecule has 0 spiro atoms. The Morgan fingerprint density at radius 1 is 1.09 bits per heavy atom. The number of non-ortho nitro benzene ring substituents is 1. The van der Waals surface area contributed by atoms with Crippen LogP contribution in [0, 0.1) is 24.0 Å². The molecule has 0 aliphatic carbocycles. The van der Waals surface area contributed by atoms with Crippen LogP contribution in [0.4, 0.5) is 5.69 Å². The molecule has 0 bridgehead atoms. The molecule has 3 aromatic rings. The van der Waals surface area contributed by atoms with Crippen molar-refractivity contribution in [3.05, 3.63) is 97.0 Å². The number of aryl methyl sites for hydroxylation is 2. The van der Waals surface area contributed by atoms with Crippen LogP contribution in [0.2, 0.25) is 0 Å². The third-order valence-electron chi connectivity index (χ3n) is 5.12. The number of hydrogen-bond donors (Lipinski definition) is 1. The number of nitrogens with zero attached hydrogens (tertiary/aromatic N) is 2. The highest BCUT2D eigenvalue weighted by atomic mass is 79.9. The van der Waals surface area contributed by atoms with Gasteiger partial charge in [0.1, 0.15) is 6.61 Å². The molecule has 0 atom stereocenters. The van der Waals surface area contributed by atoms with Crippen molar-refractivity contribution in [2.75, 3.05) is 7.11 Å². The van der Waals surface area contributed by atoms with Crippen molar-refractivity contribution in [2.45, 2.75) is 26.9 Å². The second kappa shape index (κ2) is 11.4. The summed E-state index contributed by atoms with van der Waals surface area (Å²) in [4.78, 5) is 22.5. The molecule has 3 aromatic carbocycles. The third kappa shape index (κ3) is 6.64. The minimum absolute atomic E-state index is 0.0206. The zero-order valence-corrected chi connectivity index (χ0v) is 20.6. The molecule has 34 heavy (non-hydrogen) atoms. The molecule has 9 heteroatoms. The van der Waals surface area contributed by atoms with E-state index >= 15 is 0 Å². The second-order valence-electron chi connectivity index (χ2n) is 7.63. The van der Waals surface area contributed by atoms with Crippen molar-refractivity contribution >= 4 is 33.7 Å². The van der Waals surface area contributed by atoms with E-state index in [0.29, 0.717) is 21.5 Å². The van der Waals surface area contributed by atoms with Crippen LogP contribution in [-0.4, -0.2) is 24.2 Å². The number of nitro groups is 1. The first kappa shape index (κ1) is 24.9. The summed E-state index contributed by atoms with van der Waals surface area (Å²) < 4.78 is 11.9. The first-order valence-electron chi connectivity index (χ1n) is 10.4. The van der Waals surface area contributed by atoms with Gasteiger partial charge in [-0.2, -0.15) is 5.10 Å². The molecule has 8 nitrogen and oxygen atoms in total. The van der Waals surface area contributed by atoms with Gasteiger partial charge in [-0.25, -0.2) is 5.43 Å². The number of carbonyl (C=O) groups is 1. The normalized spacial score (nSPS) is 10.8. The number of benzene rings is 3. The fraction of sp³-hybridized carbons (Fsp3) is 0.200. The standard InChI is InChI=1S/C25H24BrN3O5/c1-16-4-5-19(10-17(16)2)13-24(30)28-27-14-20-11-22(26)25(23(12-20)33-3)34-15-18-6-8-21(9-7-18)29(31)32/h4-12,14H,13,15H2,1-3H3,(H,28,30)/b27-14+. The highest BCUT2D eigenvalue weighted by Crippen LogP contribution is 2.37. The summed E-state index contributed by atoms with van der Waals surface area (Å²) in [7, 11) is 1.52. The minimum Gasteiger partial charge on any atom is -0.493 e. The van der Waals surface area contributed by atoms with Gasteiger partial charge in [0.05, 0.1) is 29.1 Å². The number of amides is 1. The summed E-state index contributed by atoms with van der Waals surface area (Å²) in [6, 6.07) is 15.6. The first-order valence-corrected chi connectivity index (χ1v) is 11.2. The van der Waals surface area contributed by atoms with E-state index in [4.69, 9.17) is 9.47 Å². The molecule has 0 saturated carbocycles. The molecule has 0 aliphatic rings. The smallest absolute Gasteiger partial charge is 0.269 e. The molecule has 176 valence electrons. The van der Waals surface area contributed by atoms with E-state index in [9.17, 15) is 14.9 Å². The fourth-order valence-corrected chi connectivity index (χ4v) is 3.72. The lowest BCUT2D eigenvalue weighted by Crippen LogP contribution is -2.19. The van der Waals surface area contributed by atoms with E-state index in [1.54, 1.807) is 24.3 Å². The Balaban J connectivity index is 1.62. The van der Waals surface area contributed by atoms with Crippen LogP contribution in [0.1, 0.15) is 27.8 Å². The summed E-state index contributed by atoms with van der Waals surface area (Å²) >= 11 is 3.48. The van der Waals surface area contributed by atoms with Gasteiger partial charge in [0, 0.05) is 12.1 Å². The molecular weight excluding hydrogens is 502 g/mol. The molecule has 1 N–H and O–H groups in total. The Kier molecular flexibility index (Phi) is 8.37. The van der Waals surface area contributed by atoms with E-state index < -0.39 is 4.92 Å². The number of nitrogens with one attached hydrogen (secondary N) is 1. The van der Waals surface area contributed by atoms with Crippen LogP contribution in [0.15, 0.2) is 64.2 Å². The van der Waals surface area contributed by atoms with Crippen molar-refractivity contribution < 1.29 is 19.2 Å². The zero-order chi connectivity index (χ0) is 24.7. The van der Waals surface area contributed by atoms with Crippen LogP contribution in [0.25, 0.3) is 0 Å². The van der Waals surface area contributed by atoms with Gasteiger partial charge in [-0.1, -0.05) is 18.2 Å². The number of methoxy groups -OCH3 is 1. The molecule has 0 heterocycles. The van der Waals surface area contributed by atoms with Crippen molar-refractivity contribution in [2.24, 2.45) is 5.10 Å². The minimum atomic E-state index is -0.448. The van der Waals surface area contributed by atoms with Crippen LogP contribution >= 0.6 is 15.9 Å². The molecule has 0 radical (unpaired) electrons. The maximum atomic E-state index is 12.2. The predicted molar refractivity (Wildman–Crippen MR) is 133 cm³/mol. The summed E-state index contributed by atoms with van der Waals surface area (Å²) in [5, 5.41) is 14.8. The summed E-state index contributed by atoms with van der Waals surface area (Å²) in [5.74, 6) is 0.740. The van der Waals surface area contributed by atoms with Crippen molar-refractivity contribution in [1.29, 1.82) is 0 Å². The highest BCUT2D eigenvalue weighted by molar-refractivity contribution is 9.10. The summed E-state index contributed by atoms with van der Waals surface area (Å²) in [6.07, 6.45) is 1.76. The number of hydrogen-bond acceptors (Lipinski definition) is 6. The SMILES string of the molecule is COc1cc(/C=N/NC(=O)Cc2ccc(C)c(C)c2)cc(Br)c1OCc1ccc([N+](=O)[O-])cc1. The molecule has 0 unspecified atom stereocenters. The van der Waals surface area contributed by atoms with Crippen LogP contribution in [0.5, 0.6) is 11.5 Å². The Morgan fingerprint density at radius 3 is 2.44 bits per heavy atom. The molecule has 0 fully saturated rings. The molecular formula is C25H24BrN3O5. The van der Waals surface area contributed by atoms with Gasteiger partial charge in [-0.3, -0.25) is 14.9 Å². The summed E-state index contributed by atoms with van der Waals surface area (Å²) in [6.45, 7) is 4.25. The van der Waals surface area contributed by atoms with E-state index in [2.05, 4.69) is 26.5 Å². The Labute approximate surface area is 205 Å². The Bertz CT molecular complexity index is 1230. The van der Waals surface area contributed by atoms with Gasteiger partial charge in [0.15, 0.2) is 11.5 Å². The Hall–Kier alpha value is -3.72. The second-order valence-corrected chi connectivity index (χ2v) is 8.49. The maximum Gasteiger partial charge on any atom is 0.269 e. The van der Waals surface area contributed by atoms with Gasteiger partial charge >= 0.3 is 0 Å². The first-order chi connectivity index (χ1) is 16.3. The largest absolute Gasteiger partial charge is 0.493 e. The number of nitro benzene ring substituents is 1. The quantitative estimate of drug-likeness (QED) is 0.233. The molecule has 1 amide bonds. The average Bonchev–Trinajstić information content (AvgIpc) is 2.80. The zero-order valence-electron chi connectivity index (χ0n) is 19.0. The highest BCUT2D eigenvalue weighted by Gasteiger charge is 2.12. The van der Waals surface area contributed by atoms with Gasteiger partial charge in [0.25, 0.3) is 5.69 Å². The van der Waals surface area contributed by atoms with E-state index in [0.717, 1.165) is 16.7 Å². The number of carbonyl (C=O) groups excluding carboxylic acids is 1. The maximum absolute atomic E-state index is 12.2. The molecule has 3 rings (SSSR count). The average molecular weight is 526 g/mol. The van der Waals surface area contributed by atoms with Crippen LogP contribution < -0.4 is 14.9 Å².